The van der Waals surface area contributed by atoms with E-state index in [9.17, 15) is 13.6 Å². The van der Waals surface area contributed by atoms with E-state index in [-0.39, 0.29) is 15.8 Å². The number of carbonyl (C=O) groups is 1. The predicted octanol–water partition coefficient (Wildman–Crippen LogP) is 1.91. The van der Waals surface area contributed by atoms with Crippen molar-refractivity contribution in [3.8, 4) is 11.5 Å². The van der Waals surface area contributed by atoms with Gasteiger partial charge in [-0.25, -0.2) is 0 Å². The number of anilines is 1. The van der Waals surface area contributed by atoms with Crippen LogP contribution in [0.25, 0.3) is 0 Å². The van der Waals surface area contributed by atoms with Crippen molar-refractivity contribution in [2.75, 3.05) is 5.32 Å². The second-order valence-electron chi connectivity index (χ2n) is 5.31. The molecule has 28 heavy (non-hydrogen) atoms. The standard InChI is InChI=1S/C9H7NOS2.C8H10AsNO5/c11-7-1-3-8(4-2-7)13-9-5-10-6-12-9;1-5(11)10-8-6(9(13,14)15)3-2-4-7(8)12/h1-6,11H;2-4,12H,1H3,(H,10,11)(H2,13,14,15). The first-order chi connectivity index (χ1) is 13.2. The van der Waals surface area contributed by atoms with E-state index in [0.717, 1.165) is 9.10 Å². The third-order valence-corrected chi connectivity index (χ3v) is 7.12. The summed E-state index contributed by atoms with van der Waals surface area (Å²) in [6.07, 6.45) is 1.84. The molecule has 0 aliphatic carbocycles. The molecule has 0 spiro atoms. The van der Waals surface area contributed by atoms with Crippen molar-refractivity contribution < 1.29 is 26.9 Å². The molecule has 0 saturated carbocycles. The molecule has 0 bridgehead atoms. The quantitative estimate of drug-likeness (QED) is 0.280. The molecule has 3 aromatic rings. The Morgan fingerprint density at radius 2 is 1.82 bits per heavy atom. The summed E-state index contributed by atoms with van der Waals surface area (Å²) in [6.45, 7) is 1.18. The molecule has 11 heteroatoms. The van der Waals surface area contributed by atoms with Gasteiger partial charge in [0, 0.05) is 4.90 Å². The van der Waals surface area contributed by atoms with Crippen LogP contribution in [0.4, 0.5) is 5.69 Å². The monoisotopic (exact) mass is 484 g/mol. The van der Waals surface area contributed by atoms with Gasteiger partial charge >= 0.3 is 88.1 Å². The van der Waals surface area contributed by atoms with Crippen LogP contribution in [-0.2, 0) is 8.53 Å². The molecule has 0 radical (unpaired) electrons. The van der Waals surface area contributed by atoms with Gasteiger partial charge in [-0.1, -0.05) is 11.8 Å². The van der Waals surface area contributed by atoms with Gasteiger partial charge in [-0.15, -0.1) is 11.3 Å². The van der Waals surface area contributed by atoms with E-state index in [1.807, 2.05) is 23.8 Å². The van der Waals surface area contributed by atoms with Crippen molar-refractivity contribution in [1.82, 2.24) is 4.98 Å². The van der Waals surface area contributed by atoms with Crippen molar-refractivity contribution in [1.29, 1.82) is 0 Å². The molecule has 1 heterocycles. The number of phenols is 2. The van der Waals surface area contributed by atoms with E-state index in [1.165, 1.54) is 25.1 Å². The topological polar surface area (TPSA) is 140 Å². The van der Waals surface area contributed by atoms with Crippen molar-refractivity contribution in [3.63, 3.8) is 0 Å². The molecule has 1 amide bonds. The molecule has 0 atom stereocenters. The number of aromatic nitrogens is 1. The Hall–Kier alpha value is -2.23. The van der Waals surface area contributed by atoms with Gasteiger partial charge in [-0.05, 0) is 24.3 Å². The van der Waals surface area contributed by atoms with Gasteiger partial charge in [0.15, 0.2) is 0 Å². The molecular formula is C17H17AsN2O6S2. The van der Waals surface area contributed by atoms with Crippen LogP contribution in [0.5, 0.6) is 11.5 Å². The molecule has 3 rings (SSSR count). The summed E-state index contributed by atoms with van der Waals surface area (Å²) < 4.78 is 29.9. The molecule has 5 N–H and O–H groups in total. The van der Waals surface area contributed by atoms with E-state index in [0.29, 0.717) is 5.75 Å². The van der Waals surface area contributed by atoms with E-state index in [1.54, 1.807) is 35.2 Å². The maximum absolute atomic E-state index is 11.1. The number of phenolic OH excluding ortho intramolecular Hbond substituents is 2. The van der Waals surface area contributed by atoms with E-state index < -0.39 is 20.1 Å². The van der Waals surface area contributed by atoms with Gasteiger partial charge in [0.2, 0.25) is 0 Å². The molecular weight excluding hydrogens is 467 g/mol. The zero-order valence-electron chi connectivity index (χ0n) is 14.5. The Bertz CT molecular complexity index is 974. The zero-order valence-corrected chi connectivity index (χ0v) is 18.0. The van der Waals surface area contributed by atoms with Crippen LogP contribution >= 0.6 is 23.1 Å². The second kappa shape index (κ2) is 9.81. The number of thiazole rings is 1. The van der Waals surface area contributed by atoms with E-state index in [2.05, 4.69) is 10.3 Å². The molecule has 0 aliphatic rings. The minimum Gasteiger partial charge on any atom is -0.508 e. The maximum Gasteiger partial charge on any atom is 0.115 e. The number of hydrogen-bond donors (Lipinski definition) is 5. The van der Waals surface area contributed by atoms with Crippen LogP contribution in [0.3, 0.4) is 0 Å². The summed E-state index contributed by atoms with van der Waals surface area (Å²) in [7, 11) is 0. The summed E-state index contributed by atoms with van der Waals surface area (Å²) in [5, 5.41) is 20.6. The Balaban J connectivity index is 0.000000202. The number of nitrogens with one attached hydrogen (secondary N) is 1. The van der Waals surface area contributed by atoms with Crippen LogP contribution in [-0.4, -0.2) is 43.5 Å². The number of nitrogens with zero attached hydrogens (tertiary/aromatic N) is 1. The van der Waals surface area contributed by atoms with Crippen molar-refractivity contribution in [2.24, 2.45) is 0 Å². The molecule has 148 valence electrons. The van der Waals surface area contributed by atoms with Crippen LogP contribution in [0, 0.1) is 0 Å². The smallest absolute Gasteiger partial charge is 0.115 e. The number of benzene rings is 2. The minimum absolute atomic E-state index is 0.225. The average molecular weight is 484 g/mol. The fourth-order valence-corrected chi connectivity index (χ4v) is 5.09. The Morgan fingerprint density at radius 1 is 1.14 bits per heavy atom. The van der Waals surface area contributed by atoms with Gasteiger partial charge in [0.1, 0.15) is 5.75 Å². The summed E-state index contributed by atoms with van der Waals surface area (Å²) in [6, 6.07) is 10.9. The van der Waals surface area contributed by atoms with Crippen molar-refractivity contribution in [3.05, 3.63) is 54.2 Å². The summed E-state index contributed by atoms with van der Waals surface area (Å²) in [5.41, 5.74) is 1.58. The van der Waals surface area contributed by atoms with Crippen LogP contribution in [0.1, 0.15) is 6.92 Å². The number of amides is 1. The Labute approximate surface area is 171 Å². The molecule has 1 aromatic heterocycles. The second-order valence-corrected chi connectivity index (χ2v) is 10.9. The maximum atomic E-state index is 11.1. The van der Waals surface area contributed by atoms with Crippen LogP contribution in [0.2, 0.25) is 0 Å². The summed E-state index contributed by atoms with van der Waals surface area (Å²) >= 11 is -1.88. The molecule has 8 nitrogen and oxygen atoms in total. The van der Waals surface area contributed by atoms with Gasteiger partial charge in [-0.3, -0.25) is 4.98 Å². The first kappa shape index (κ1) is 22.1. The fourth-order valence-electron chi connectivity index (χ4n) is 1.96. The van der Waals surface area contributed by atoms with Crippen LogP contribution in [0.15, 0.2) is 63.3 Å². The Morgan fingerprint density at radius 3 is 2.36 bits per heavy atom. The van der Waals surface area contributed by atoms with Crippen LogP contribution < -0.4 is 9.67 Å². The van der Waals surface area contributed by atoms with E-state index in [4.69, 9.17) is 13.3 Å². The number of para-hydroxylation sites is 1. The number of hydrogen-bond acceptors (Lipinski definition) is 7. The van der Waals surface area contributed by atoms with Crippen molar-refractivity contribution in [2.45, 2.75) is 16.0 Å². The number of carbonyl (C=O) groups excluding carboxylic acids is 1. The van der Waals surface area contributed by atoms with Gasteiger partial charge in [-0.2, -0.15) is 0 Å². The predicted molar refractivity (Wildman–Crippen MR) is 107 cm³/mol. The Kier molecular flexibility index (Phi) is 7.73. The zero-order chi connectivity index (χ0) is 20.7. The molecule has 0 unspecified atom stereocenters. The number of aromatic hydroxyl groups is 2. The molecule has 0 saturated heterocycles. The third-order valence-electron chi connectivity index (χ3n) is 3.10. The van der Waals surface area contributed by atoms with Crippen molar-refractivity contribution >= 4 is 53.2 Å². The summed E-state index contributed by atoms with van der Waals surface area (Å²) in [4.78, 5) is 15.9. The minimum atomic E-state index is -5.14. The normalized spacial score (nSPS) is 10.7. The fraction of sp³-hybridized carbons (Fsp3) is 0.0588. The third kappa shape index (κ3) is 6.74. The average Bonchev–Trinajstić information content (AvgIpc) is 3.11. The molecule has 0 aliphatic heterocycles. The summed E-state index contributed by atoms with van der Waals surface area (Å²) in [5.74, 6) is -0.581. The first-order valence-corrected chi connectivity index (χ1v) is 12.8. The first-order valence-electron chi connectivity index (χ1n) is 7.68. The molecule has 0 fully saturated rings. The van der Waals surface area contributed by atoms with Gasteiger partial charge in [0.05, 0.1) is 15.9 Å². The van der Waals surface area contributed by atoms with Gasteiger partial charge < -0.3 is 5.11 Å². The number of rotatable bonds is 4. The van der Waals surface area contributed by atoms with Gasteiger partial charge in [0.25, 0.3) is 0 Å². The largest absolute Gasteiger partial charge is 0.508 e. The molecule has 2 aromatic carbocycles. The SMILES string of the molecule is CC(=O)Nc1c(O)cccc1[As](=O)(O)O.Oc1ccc(Sc2cncs2)cc1. The van der Waals surface area contributed by atoms with E-state index >= 15 is 0 Å².